The number of nitrogens with one attached hydrogen (secondary N) is 2. The van der Waals surface area contributed by atoms with Crippen LogP contribution in [0.25, 0.3) is 0 Å². The van der Waals surface area contributed by atoms with Crippen LogP contribution in [0, 0.1) is 20.8 Å². The van der Waals surface area contributed by atoms with Gasteiger partial charge in [-0.1, -0.05) is 17.7 Å². The second-order valence-corrected chi connectivity index (χ2v) is 6.45. The Kier molecular flexibility index (Phi) is 5.93. The fourth-order valence-corrected chi connectivity index (χ4v) is 3.19. The molecule has 0 saturated heterocycles. The minimum Gasteiger partial charge on any atom is -0.352 e. The molecule has 4 nitrogen and oxygen atoms in total. The maximum Gasteiger partial charge on any atom is 0.252 e. The smallest absolute Gasteiger partial charge is 0.252 e. The predicted octanol–water partition coefficient (Wildman–Crippen LogP) is 3.11. The average Bonchev–Trinajstić information content (AvgIpc) is 3.00. The van der Waals surface area contributed by atoms with Gasteiger partial charge in [-0.3, -0.25) is 9.59 Å². The second-order valence-electron chi connectivity index (χ2n) is 5.67. The standard InChI is InChI=1S/C18H22N2O2S/c1-12-8-13(2)16(14(3)9-12)10-20-17(21)4-6-19-18(22)15-5-7-23-11-15/h5,7-9,11H,4,6,10H2,1-3H3,(H,19,22)(H,20,21). The maximum absolute atomic E-state index is 11.9. The Balaban J connectivity index is 1.76. The lowest BCUT2D eigenvalue weighted by Crippen LogP contribution is -2.30. The molecule has 0 atom stereocenters. The van der Waals surface area contributed by atoms with Crippen LogP contribution in [0.2, 0.25) is 0 Å². The summed E-state index contributed by atoms with van der Waals surface area (Å²) in [6, 6.07) is 6.01. The summed E-state index contributed by atoms with van der Waals surface area (Å²) in [5.41, 5.74) is 5.40. The summed E-state index contributed by atoms with van der Waals surface area (Å²) in [5.74, 6) is -0.195. The highest BCUT2D eigenvalue weighted by Crippen LogP contribution is 2.16. The van der Waals surface area contributed by atoms with E-state index in [2.05, 4.69) is 43.5 Å². The Morgan fingerprint density at radius 3 is 2.39 bits per heavy atom. The topological polar surface area (TPSA) is 58.2 Å². The van der Waals surface area contributed by atoms with E-state index in [4.69, 9.17) is 0 Å². The van der Waals surface area contributed by atoms with Crippen LogP contribution in [-0.4, -0.2) is 18.4 Å². The lowest BCUT2D eigenvalue weighted by Gasteiger charge is -2.12. The Morgan fingerprint density at radius 1 is 1.09 bits per heavy atom. The van der Waals surface area contributed by atoms with E-state index < -0.39 is 0 Å². The molecule has 1 heterocycles. The molecule has 5 heteroatoms. The van der Waals surface area contributed by atoms with Gasteiger partial charge in [-0.15, -0.1) is 0 Å². The Labute approximate surface area is 140 Å². The lowest BCUT2D eigenvalue weighted by atomic mass is 10.00. The van der Waals surface area contributed by atoms with E-state index in [1.54, 1.807) is 11.4 Å². The fraction of sp³-hybridized carbons (Fsp3) is 0.333. The third kappa shape index (κ3) is 4.93. The van der Waals surface area contributed by atoms with Gasteiger partial charge in [0.15, 0.2) is 0 Å². The molecule has 2 N–H and O–H groups in total. The normalized spacial score (nSPS) is 10.4. The lowest BCUT2D eigenvalue weighted by molar-refractivity contribution is -0.121. The SMILES string of the molecule is Cc1cc(C)c(CNC(=O)CCNC(=O)c2ccsc2)c(C)c1. The van der Waals surface area contributed by atoms with Crippen molar-refractivity contribution in [2.75, 3.05) is 6.54 Å². The molecule has 0 unspecified atom stereocenters. The molecule has 122 valence electrons. The molecule has 0 aliphatic heterocycles. The number of hydrogen-bond donors (Lipinski definition) is 2. The number of hydrogen-bond acceptors (Lipinski definition) is 3. The average molecular weight is 330 g/mol. The molecule has 0 radical (unpaired) electrons. The van der Waals surface area contributed by atoms with Crippen molar-refractivity contribution in [1.82, 2.24) is 10.6 Å². The van der Waals surface area contributed by atoms with E-state index in [1.807, 2.05) is 5.38 Å². The zero-order valence-electron chi connectivity index (χ0n) is 13.7. The number of amides is 2. The summed E-state index contributed by atoms with van der Waals surface area (Å²) in [7, 11) is 0. The highest BCUT2D eigenvalue weighted by molar-refractivity contribution is 7.08. The van der Waals surface area contributed by atoms with Crippen molar-refractivity contribution in [3.63, 3.8) is 0 Å². The predicted molar refractivity (Wildman–Crippen MR) is 93.8 cm³/mol. The summed E-state index contributed by atoms with van der Waals surface area (Å²) < 4.78 is 0. The zero-order chi connectivity index (χ0) is 16.8. The summed E-state index contributed by atoms with van der Waals surface area (Å²) in [6.45, 7) is 7.05. The minimum atomic E-state index is -0.135. The van der Waals surface area contributed by atoms with Gasteiger partial charge in [0.05, 0.1) is 0 Å². The molecular weight excluding hydrogens is 308 g/mol. The van der Waals surface area contributed by atoms with E-state index in [0.717, 1.165) is 5.56 Å². The molecule has 0 fully saturated rings. The molecule has 1 aromatic heterocycles. The van der Waals surface area contributed by atoms with Gasteiger partial charge in [-0.2, -0.15) is 11.3 Å². The highest BCUT2D eigenvalue weighted by Gasteiger charge is 2.08. The largest absolute Gasteiger partial charge is 0.352 e. The number of carbonyl (C=O) groups excluding carboxylic acids is 2. The minimum absolute atomic E-state index is 0.0602. The van der Waals surface area contributed by atoms with E-state index in [1.165, 1.54) is 28.0 Å². The molecule has 2 amide bonds. The number of aryl methyl sites for hydroxylation is 3. The van der Waals surface area contributed by atoms with E-state index in [0.29, 0.717) is 18.7 Å². The fourth-order valence-electron chi connectivity index (χ4n) is 2.55. The summed E-state index contributed by atoms with van der Waals surface area (Å²) in [4.78, 5) is 23.7. The zero-order valence-corrected chi connectivity index (χ0v) is 14.5. The van der Waals surface area contributed by atoms with Gasteiger partial charge in [0.2, 0.25) is 5.91 Å². The van der Waals surface area contributed by atoms with Gasteiger partial charge >= 0.3 is 0 Å². The van der Waals surface area contributed by atoms with Crippen molar-refractivity contribution in [3.05, 3.63) is 56.8 Å². The first-order chi connectivity index (χ1) is 11.0. The summed E-state index contributed by atoms with van der Waals surface area (Å²) in [5, 5.41) is 9.32. The van der Waals surface area contributed by atoms with Crippen LogP contribution in [0.15, 0.2) is 29.0 Å². The first kappa shape index (κ1) is 17.2. The van der Waals surface area contributed by atoms with Crippen LogP contribution in [0.4, 0.5) is 0 Å². The van der Waals surface area contributed by atoms with Crippen molar-refractivity contribution in [2.45, 2.75) is 33.7 Å². The molecule has 2 rings (SSSR count). The molecule has 1 aromatic carbocycles. The van der Waals surface area contributed by atoms with Crippen molar-refractivity contribution in [1.29, 1.82) is 0 Å². The van der Waals surface area contributed by atoms with Crippen molar-refractivity contribution < 1.29 is 9.59 Å². The number of benzene rings is 1. The third-order valence-electron chi connectivity index (χ3n) is 3.72. The van der Waals surface area contributed by atoms with Crippen LogP contribution in [0.3, 0.4) is 0 Å². The van der Waals surface area contributed by atoms with Gasteiger partial charge in [0.1, 0.15) is 0 Å². The molecule has 0 saturated carbocycles. The monoisotopic (exact) mass is 330 g/mol. The Morgan fingerprint density at radius 2 is 1.78 bits per heavy atom. The molecule has 0 spiro atoms. The van der Waals surface area contributed by atoms with Crippen LogP contribution in [-0.2, 0) is 11.3 Å². The van der Waals surface area contributed by atoms with Gasteiger partial charge in [0.25, 0.3) is 5.91 Å². The molecule has 0 bridgehead atoms. The number of rotatable bonds is 6. The third-order valence-corrected chi connectivity index (χ3v) is 4.41. The van der Waals surface area contributed by atoms with Crippen LogP contribution in [0.1, 0.15) is 39.0 Å². The van der Waals surface area contributed by atoms with Crippen molar-refractivity contribution >= 4 is 23.2 Å². The summed E-state index contributed by atoms with van der Waals surface area (Å²) in [6.07, 6.45) is 0.278. The highest BCUT2D eigenvalue weighted by atomic mass is 32.1. The number of thiophene rings is 1. The Hall–Kier alpha value is -2.14. The second kappa shape index (κ2) is 7.92. The quantitative estimate of drug-likeness (QED) is 0.855. The first-order valence-corrected chi connectivity index (χ1v) is 8.55. The molecule has 0 aliphatic rings. The van der Waals surface area contributed by atoms with Crippen LogP contribution < -0.4 is 10.6 Å². The maximum atomic E-state index is 11.9. The van der Waals surface area contributed by atoms with Crippen molar-refractivity contribution in [3.8, 4) is 0 Å². The first-order valence-electron chi connectivity index (χ1n) is 7.61. The molecule has 2 aromatic rings. The van der Waals surface area contributed by atoms with E-state index in [-0.39, 0.29) is 18.2 Å². The van der Waals surface area contributed by atoms with Crippen molar-refractivity contribution in [2.24, 2.45) is 0 Å². The van der Waals surface area contributed by atoms with Gasteiger partial charge in [-0.25, -0.2) is 0 Å². The number of carbonyl (C=O) groups is 2. The van der Waals surface area contributed by atoms with Crippen LogP contribution >= 0.6 is 11.3 Å². The van der Waals surface area contributed by atoms with E-state index in [9.17, 15) is 9.59 Å². The molecular formula is C18H22N2O2S. The van der Waals surface area contributed by atoms with Gasteiger partial charge in [0, 0.05) is 30.5 Å². The van der Waals surface area contributed by atoms with Crippen LogP contribution in [0.5, 0.6) is 0 Å². The molecule has 0 aliphatic carbocycles. The van der Waals surface area contributed by atoms with Gasteiger partial charge < -0.3 is 10.6 Å². The molecule has 23 heavy (non-hydrogen) atoms. The summed E-state index contributed by atoms with van der Waals surface area (Å²) >= 11 is 1.48. The van der Waals surface area contributed by atoms with Gasteiger partial charge in [-0.05, 0) is 48.9 Å². The van der Waals surface area contributed by atoms with E-state index >= 15 is 0 Å². The Bertz CT molecular complexity index is 670.